The van der Waals surface area contributed by atoms with E-state index in [0.717, 1.165) is 0 Å². The highest BCUT2D eigenvalue weighted by atomic mass is 16.5. The zero-order chi connectivity index (χ0) is 12.3. The molecule has 1 aliphatic rings. The molecule has 1 amide bonds. The number of carbonyl (C=O) groups is 1. The summed E-state index contributed by atoms with van der Waals surface area (Å²) in [5.41, 5.74) is 0. The van der Waals surface area contributed by atoms with Crippen molar-refractivity contribution in [2.24, 2.45) is 0 Å². The third-order valence-electron chi connectivity index (χ3n) is 2.73. The van der Waals surface area contributed by atoms with Crippen LogP contribution >= 0.6 is 0 Å². The number of amides is 1. The Labute approximate surface area is 98.6 Å². The van der Waals surface area contributed by atoms with Crippen LogP contribution in [0.25, 0.3) is 0 Å². The van der Waals surface area contributed by atoms with Gasteiger partial charge in [0.25, 0.3) is 0 Å². The van der Waals surface area contributed by atoms with E-state index in [-0.39, 0.29) is 0 Å². The van der Waals surface area contributed by atoms with Gasteiger partial charge in [0.05, 0.1) is 13.3 Å². The fourth-order valence-electron chi connectivity index (χ4n) is 1.80. The predicted molar refractivity (Wildman–Crippen MR) is 60.4 cm³/mol. The Morgan fingerprint density at radius 3 is 2.71 bits per heavy atom. The number of aromatic nitrogens is 2. The van der Waals surface area contributed by atoms with E-state index < -0.39 is 6.09 Å². The van der Waals surface area contributed by atoms with E-state index in [9.17, 15) is 4.79 Å². The molecule has 2 heterocycles. The fraction of sp³-hybridized carbons (Fsp3) is 0.500. The first kappa shape index (κ1) is 11.4. The first-order valence-electron chi connectivity index (χ1n) is 5.29. The van der Waals surface area contributed by atoms with E-state index in [4.69, 9.17) is 9.84 Å². The lowest BCUT2D eigenvalue weighted by Gasteiger charge is -2.34. The lowest BCUT2D eigenvalue weighted by atomic mass is 10.3. The summed E-state index contributed by atoms with van der Waals surface area (Å²) in [6.07, 6.45) is 2.19. The van der Waals surface area contributed by atoms with Crippen LogP contribution in [0.2, 0.25) is 0 Å². The third kappa shape index (κ3) is 2.38. The van der Waals surface area contributed by atoms with Crippen LogP contribution in [0.3, 0.4) is 0 Å². The first-order chi connectivity index (χ1) is 8.22. The predicted octanol–water partition coefficient (Wildman–Crippen LogP) is 0.285. The number of anilines is 1. The summed E-state index contributed by atoms with van der Waals surface area (Å²) in [5, 5.41) is 8.85. The molecule has 0 atom stereocenters. The maximum absolute atomic E-state index is 10.8. The number of carboxylic acid groups (broad SMARTS) is 1. The topological polar surface area (TPSA) is 78.8 Å². The van der Waals surface area contributed by atoms with Crippen LogP contribution in [0, 0.1) is 0 Å². The quantitative estimate of drug-likeness (QED) is 0.797. The molecular weight excluding hydrogens is 224 g/mol. The molecular formula is C10H14N4O3. The smallest absolute Gasteiger partial charge is 0.407 e. The number of rotatable bonds is 2. The molecule has 0 aromatic carbocycles. The summed E-state index contributed by atoms with van der Waals surface area (Å²) < 4.78 is 5.18. The fourth-order valence-corrected chi connectivity index (χ4v) is 1.80. The number of hydrogen-bond donors (Lipinski definition) is 1. The van der Waals surface area contributed by atoms with Gasteiger partial charge < -0.3 is 19.6 Å². The van der Waals surface area contributed by atoms with E-state index in [2.05, 4.69) is 9.97 Å². The Morgan fingerprint density at radius 2 is 2.12 bits per heavy atom. The van der Waals surface area contributed by atoms with Crippen molar-refractivity contribution in [2.45, 2.75) is 0 Å². The maximum Gasteiger partial charge on any atom is 0.407 e. The molecule has 0 unspecified atom stereocenters. The van der Waals surface area contributed by atoms with Crippen LogP contribution in [0.1, 0.15) is 0 Å². The third-order valence-corrected chi connectivity index (χ3v) is 2.73. The lowest BCUT2D eigenvalue weighted by Crippen LogP contribution is -2.48. The van der Waals surface area contributed by atoms with Crippen LogP contribution < -0.4 is 9.64 Å². The van der Waals surface area contributed by atoms with Gasteiger partial charge in [-0.05, 0) is 0 Å². The molecule has 1 aliphatic heterocycles. The number of hydrogen-bond acceptors (Lipinski definition) is 5. The minimum Gasteiger partial charge on any atom is -0.491 e. The van der Waals surface area contributed by atoms with Gasteiger partial charge in [-0.25, -0.2) is 14.8 Å². The van der Waals surface area contributed by atoms with Crippen LogP contribution in [-0.4, -0.2) is 59.4 Å². The zero-order valence-electron chi connectivity index (χ0n) is 9.54. The molecule has 7 nitrogen and oxygen atoms in total. The molecule has 1 saturated heterocycles. The van der Waals surface area contributed by atoms with E-state index in [0.29, 0.717) is 37.7 Å². The zero-order valence-corrected chi connectivity index (χ0v) is 9.54. The van der Waals surface area contributed by atoms with Crippen molar-refractivity contribution in [1.82, 2.24) is 14.9 Å². The Bertz CT molecular complexity index is 404. The van der Waals surface area contributed by atoms with Gasteiger partial charge in [0.2, 0.25) is 0 Å². The van der Waals surface area contributed by atoms with Crippen LogP contribution in [-0.2, 0) is 0 Å². The average molecular weight is 238 g/mol. The van der Waals surface area contributed by atoms with E-state index >= 15 is 0 Å². The molecule has 0 radical (unpaired) electrons. The van der Waals surface area contributed by atoms with E-state index in [1.807, 2.05) is 4.90 Å². The van der Waals surface area contributed by atoms with E-state index in [1.54, 1.807) is 13.3 Å². The number of piperazine rings is 1. The second kappa shape index (κ2) is 4.86. The molecule has 0 aliphatic carbocycles. The average Bonchev–Trinajstić information content (AvgIpc) is 2.39. The summed E-state index contributed by atoms with van der Waals surface area (Å²) in [6.45, 7) is 2.17. The lowest BCUT2D eigenvalue weighted by molar-refractivity contribution is 0.142. The van der Waals surface area contributed by atoms with Gasteiger partial charge in [0.1, 0.15) is 6.33 Å². The van der Waals surface area contributed by atoms with Crippen molar-refractivity contribution in [3.63, 3.8) is 0 Å². The Hall–Kier alpha value is -2.05. The van der Waals surface area contributed by atoms with Gasteiger partial charge in [-0.15, -0.1) is 0 Å². The standard InChI is InChI=1S/C10H14N4O3/c1-17-8-6-11-7-12-9(8)13-2-4-14(5-3-13)10(15)16/h6-7H,2-5H2,1H3,(H,15,16). The summed E-state index contributed by atoms with van der Waals surface area (Å²) in [5.74, 6) is 1.32. The Kier molecular flexibility index (Phi) is 3.27. The molecule has 0 bridgehead atoms. The minimum absolute atomic E-state index is 0.475. The summed E-state index contributed by atoms with van der Waals surface area (Å²) in [4.78, 5) is 22.2. The minimum atomic E-state index is -0.876. The molecule has 0 spiro atoms. The first-order valence-corrected chi connectivity index (χ1v) is 5.29. The van der Waals surface area contributed by atoms with Crippen LogP contribution in [0.15, 0.2) is 12.5 Å². The van der Waals surface area contributed by atoms with Gasteiger partial charge in [0, 0.05) is 26.2 Å². The monoisotopic (exact) mass is 238 g/mol. The van der Waals surface area contributed by atoms with Gasteiger partial charge in [-0.3, -0.25) is 0 Å². The molecule has 1 fully saturated rings. The molecule has 1 aromatic rings. The Morgan fingerprint density at radius 1 is 1.41 bits per heavy atom. The van der Waals surface area contributed by atoms with Gasteiger partial charge >= 0.3 is 6.09 Å². The van der Waals surface area contributed by atoms with E-state index in [1.165, 1.54) is 11.2 Å². The van der Waals surface area contributed by atoms with Crippen molar-refractivity contribution in [3.05, 3.63) is 12.5 Å². The van der Waals surface area contributed by atoms with Gasteiger partial charge in [-0.2, -0.15) is 0 Å². The molecule has 1 aromatic heterocycles. The molecule has 17 heavy (non-hydrogen) atoms. The highest BCUT2D eigenvalue weighted by molar-refractivity contribution is 5.65. The molecule has 92 valence electrons. The second-order valence-corrected chi connectivity index (χ2v) is 3.67. The van der Waals surface area contributed by atoms with Crippen LogP contribution in [0.4, 0.5) is 10.6 Å². The molecule has 1 N–H and O–H groups in total. The largest absolute Gasteiger partial charge is 0.491 e. The molecule has 7 heteroatoms. The number of nitrogens with zero attached hydrogens (tertiary/aromatic N) is 4. The van der Waals surface area contributed by atoms with Gasteiger partial charge in [-0.1, -0.05) is 0 Å². The highest BCUT2D eigenvalue weighted by Crippen LogP contribution is 2.24. The summed E-state index contributed by atoms with van der Waals surface area (Å²) >= 11 is 0. The Balaban J connectivity index is 2.07. The maximum atomic E-state index is 10.8. The van der Waals surface area contributed by atoms with Gasteiger partial charge in [0.15, 0.2) is 11.6 Å². The molecule has 2 rings (SSSR count). The van der Waals surface area contributed by atoms with Crippen molar-refractivity contribution < 1.29 is 14.6 Å². The normalized spacial score (nSPS) is 15.8. The van der Waals surface area contributed by atoms with Crippen molar-refractivity contribution in [2.75, 3.05) is 38.2 Å². The summed E-state index contributed by atoms with van der Waals surface area (Å²) in [7, 11) is 1.57. The SMILES string of the molecule is COc1cncnc1N1CCN(C(=O)O)CC1. The summed E-state index contributed by atoms with van der Waals surface area (Å²) in [6, 6.07) is 0. The molecule has 0 saturated carbocycles. The number of ether oxygens (including phenoxy) is 1. The van der Waals surface area contributed by atoms with Crippen molar-refractivity contribution in [3.8, 4) is 5.75 Å². The van der Waals surface area contributed by atoms with Crippen molar-refractivity contribution in [1.29, 1.82) is 0 Å². The number of methoxy groups -OCH3 is 1. The highest BCUT2D eigenvalue weighted by Gasteiger charge is 2.23. The van der Waals surface area contributed by atoms with Crippen LogP contribution in [0.5, 0.6) is 5.75 Å². The van der Waals surface area contributed by atoms with Crippen molar-refractivity contribution >= 4 is 11.9 Å². The second-order valence-electron chi connectivity index (χ2n) is 3.67.